The summed E-state index contributed by atoms with van der Waals surface area (Å²) in [5.74, 6) is -1.02. The first-order valence-electron chi connectivity index (χ1n) is 7.75. The van der Waals surface area contributed by atoms with Crippen molar-refractivity contribution >= 4 is 23.3 Å². The van der Waals surface area contributed by atoms with Gasteiger partial charge >= 0.3 is 12.3 Å². The molecule has 0 saturated carbocycles. The van der Waals surface area contributed by atoms with Crippen LogP contribution in [0.15, 0.2) is 48.8 Å². The van der Waals surface area contributed by atoms with E-state index in [1.807, 2.05) is 0 Å². The average Bonchev–Trinajstić information content (AvgIpc) is 3.09. The van der Waals surface area contributed by atoms with Crippen molar-refractivity contribution in [3.63, 3.8) is 0 Å². The van der Waals surface area contributed by atoms with Gasteiger partial charge in [0, 0.05) is 0 Å². The zero-order valence-corrected chi connectivity index (χ0v) is 14.7. The van der Waals surface area contributed by atoms with Crippen molar-refractivity contribution in [2.45, 2.75) is 12.9 Å². The number of carboxylic acids is 1. The van der Waals surface area contributed by atoms with Crippen LogP contribution in [0.1, 0.15) is 16.2 Å². The van der Waals surface area contributed by atoms with Gasteiger partial charge in [0.05, 0.1) is 28.5 Å². The number of anilines is 1. The van der Waals surface area contributed by atoms with Crippen LogP contribution in [-0.2, 0) is 6.54 Å². The Morgan fingerprint density at radius 1 is 1.21 bits per heavy atom. The first kappa shape index (κ1) is 19.5. The molecule has 0 bridgehead atoms. The Morgan fingerprint density at radius 2 is 1.93 bits per heavy atom. The number of ether oxygens (including phenoxy) is 1. The molecule has 0 radical (unpaired) electrons. The first-order valence-corrected chi connectivity index (χ1v) is 8.12. The third-order valence-corrected chi connectivity index (χ3v) is 3.84. The van der Waals surface area contributed by atoms with Crippen LogP contribution in [0.3, 0.4) is 0 Å². The Labute approximate surface area is 161 Å². The van der Waals surface area contributed by atoms with Crippen molar-refractivity contribution in [1.29, 1.82) is 0 Å². The zero-order chi connectivity index (χ0) is 20.3. The lowest BCUT2D eigenvalue weighted by Gasteiger charge is -2.09. The molecule has 0 aliphatic rings. The summed E-state index contributed by atoms with van der Waals surface area (Å²) < 4.78 is 41.8. The van der Waals surface area contributed by atoms with Crippen LogP contribution in [0, 0.1) is 0 Å². The normalized spacial score (nSPS) is 11.3. The zero-order valence-electron chi connectivity index (χ0n) is 13.9. The molecule has 7 nitrogen and oxygen atoms in total. The minimum absolute atomic E-state index is 0.0657. The van der Waals surface area contributed by atoms with Gasteiger partial charge in [0.25, 0.3) is 0 Å². The SMILES string of the molecule is O=C(O)c1ccc(NCc2ncn(-c3ccc(OC(F)(F)F)cc3)n2)c(Cl)c1. The lowest BCUT2D eigenvalue weighted by atomic mass is 10.2. The third-order valence-electron chi connectivity index (χ3n) is 3.53. The molecular formula is C17H12ClF3N4O3. The summed E-state index contributed by atoms with van der Waals surface area (Å²) in [6.45, 7) is 0.203. The number of benzene rings is 2. The standard InChI is InChI=1S/C17H12ClF3N4O3/c18-13-7-10(16(26)27)1-6-14(13)22-8-15-23-9-25(24-15)11-2-4-12(5-3-11)28-17(19,20)21/h1-7,9,22H,8H2,(H,26,27). The van der Waals surface area contributed by atoms with E-state index in [0.29, 0.717) is 17.2 Å². The minimum atomic E-state index is -4.75. The second-order valence-electron chi connectivity index (χ2n) is 5.50. The number of carboxylic acid groups (broad SMARTS) is 1. The van der Waals surface area contributed by atoms with Gasteiger partial charge in [0.1, 0.15) is 12.1 Å². The van der Waals surface area contributed by atoms with E-state index in [0.717, 1.165) is 0 Å². The summed E-state index contributed by atoms with van der Waals surface area (Å²) in [5.41, 5.74) is 1.07. The van der Waals surface area contributed by atoms with E-state index in [1.54, 1.807) is 0 Å². The molecule has 28 heavy (non-hydrogen) atoms. The molecule has 0 aliphatic heterocycles. The molecule has 3 aromatic rings. The molecule has 11 heteroatoms. The van der Waals surface area contributed by atoms with E-state index in [4.69, 9.17) is 16.7 Å². The summed E-state index contributed by atoms with van der Waals surface area (Å²) in [5, 5.41) is 16.4. The van der Waals surface area contributed by atoms with Crippen LogP contribution in [0.5, 0.6) is 5.75 Å². The van der Waals surface area contributed by atoms with Crippen LogP contribution < -0.4 is 10.1 Å². The molecule has 2 aromatic carbocycles. The number of carbonyl (C=O) groups is 1. The van der Waals surface area contributed by atoms with Crippen LogP contribution in [0.25, 0.3) is 5.69 Å². The lowest BCUT2D eigenvalue weighted by molar-refractivity contribution is -0.274. The van der Waals surface area contributed by atoms with E-state index in [-0.39, 0.29) is 22.9 Å². The smallest absolute Gasteiger partial charge is 0.478 e. The van der Waals surface area contributed by atoms with Crippen molar-refractivity contribution in [2.24, 2.45) is 0 Å². The van der Waals surface area contributed by atoms with E-state index in [9.17, 15) is 18.0 Å². The quantitative estimate of drug-likeness (QED) is 0.633. The monoisotopic (exact) mass is 412 g/mol. The summed E-state index contributed by atoms with van der Waals surface area (Å²) in [6, 6.07) is 9.43. The number of nitrogens with zero attached hydrogens (tertiary/aromatic N) is 3. The number of aromatic nitrogens is 3. The van der Waals surface area contributed by atoms with Gasteiger partial charge in [-0.2, -0.15) is 0 Å². The van der Waals surface area contributed by atoms with E-state index in [2.05, 4.69) is 20.1 Å². The van der Waals surface area contributed by atoms with Crippen LogP contribution in [-0.4, -0.2) is 32.2 Å². The highest BCUT2D eigenvalue weighted by atomic mass is 35.5. The van der Waals surface area contributed by atoms with Gasteiger partial charge in [0.2, 0.25) is 0 Å². The molecule has 1 aromatic heterocycles. The molecular weight excluding hydrogens is 401 g/mol. The van der Waals surface area contributed by atoms with Crippen molar-refractivity contribution in [3.05, 3.63) is 65.2 Å². The first-order chi connectivity index (χ1) is 13.2. The number of hydrogen-bond donors (Lipinski definition) is 2. The number of rotatable bonds is 6. The predicted molar refractivity (Wildman–Crippen MR) is 93.8 cm³/mol. The molecule has 0 atom stereocenters. The maximum atomic E-state index is 12.2. The molecule has 0 fully saturated rings. The molecule has 0 spiro atoms. The predicted octanol–water partition coefficient (Wildman–Crippen LogP) is 4.13. The number of halogens is 4. The van der Waals surface area contributed by atoms with Crippen molar-refractivity contribution in [2.75, 3.05) is 5.32 Å². The van der Waals surface area contributed by atoms with Gasteiger partial charge in [-0.1, -0.05) is 11.6 Å². The minimum Gasteiger partial charge on any atom is -0.478 e. The van der Waals surface area contributed by atoms with Crippen LogP contribution in [0.4, 0.5) is 18.9 Å². The number of nitrogens with one attached hydrogen (secondary N) is 1. The highest BCUT2D eigenvalue weighted by Gasteiger charge is 2.30. The largest absolute Gasteiger partial charge is 0.573 e. The molecule has 0 unspecified atom stereocenters. The van der Waals surface area contributed by atoms with Crippen molar-refractivity contribution in [3.8, 4) is 11.4 Å². The fourth-order valence-corrected chi connectivity index (χ4v) is 2.52. The van der Waals surface area contributed by atoms with E-state index >= 15 is 0 Å². The lowest BCUT2D eigenvalue weighted by Crippen LogP contribution is -2.17. The average molecular weight is 413 g/mol. The van der Waals surface area contributed by atoms with Crippen molar-refractivity contribution in [1.82, 2.24) is 14.8 Å². The topological polar surface area (TPSA) is 89.3 Å². The fraction of sp³-hybridized carbons (Fsp3) is 0.118. The number of aromatic carboxylic acids is 1. The van der Waals surface area contributed by atoms with Gasteiger partial charge < -0.3 is 15.2 Å². The summed E-state index contributed by atoms with van der Waals surface area (Å²) in [6.07, 6.45) is -3.34. The molecule has 0 saturated heterocycles. The molecule has 2 N–H and O–H groups in total. The maximum absolute atomic E-state index is 12.2. The van der Waals surface area contributed by atoms with E-state index < -0.39 is 12.3 Å². The molecule has 0 aliphatic carbocycles. The highest BCUT2D eigenvalue weighted by molar-refractivity contribution is 6.33. The van der Waals surface area contributed by atoms with Gasteiger partial charge in [0.15, 0.2) is 5.82 Å². The van der Waals surface area contributed by atoms with Crippen LogP contribution >= 0.6 is 11.6 Å². The second kappa shape index (κ2) is 7.77. The Kier molecular flexibility index (Phi) is 5.41. The third kappa shape index (κ3) is 4.92. The Morgan fingerprint density at radius 3 is 2.54 bits per heavy atom. The molecule has 3 rings (SSSR count). The second-order valence-corrected chi connectivity index (χ2v) is 5.91. The van der Waals surface area contributed by atoms with E-state index in [1.165, 1.54) is 53.5 Å². The number of alkyl halides is 3. The van der Waals surface area contributed by atoms with Gasteiger partial charge in [-0.15, -0.1) is 18.3 Å². The Balaban J connectivity index is 1.65. The summed E-state index contributed by atoms with van der Waals surface area (Å²) in [7, 11) is 0. The molecule has 0 amide bonds. The molecule has 1 heterocycles. The Bertz CT molecular complexity index is 990. The van der Waals surface area contributed by atoms with Crippen molar-refractivity contribution < 1.29 is 27.8 Å². The maximum Gasteiger partial charge on any atom is 0.573 e. The Hall–Kier alpha value is -3.27. The fourth-order valence-electron chi connectivity index (χ4n) is 2.27. The summed E-state index contributed by atoms with van der Waals surface area (Å²) >= 11 is 6.04. The van der Waals surface area contributed by atoms with Gasteiger partial charge in [-0.25, -0.2) is 14.5 Å². The highest BCUT2D eigenvalue weighted by Crippen LogP contribution is 2.24. The van der Waals surface area contributed by atoms with Crippen LogP contribution in [0.2, 0.25) is 5.02 Å². The molecule has 146 valence electrons. The van der Waals surface area contributed by atoms with Gasteiger partial charge in [-0.05, 0) is 42.5 Å². The van der Waals surface area contributed by atoms with Gasteiger partial charge in [-0.3, -0.25) is 0 Å². The summed E-state index contributed by atoms with van der Waals surface area (Å²) in [4.78, 5) is 15.0. The number of hydrogen-bond acceptors (Lipinski definition) is 5.